The molecule has 0 aliphatic heterocycles. The second-order valence-corrected chi connectivity index (χ2v) is 6.81. The zero-order chi connectivity index (χ0) is 16.3. The SMILES string of the molecule is CC(=O)NCCC(=O)Nc1sc2c(c1C(N)=O)CCC(C)C2. The Morgan fingerprint density at radius 3 is 2.73 bits per heavy atom. The van der Waals surface area contributed by atoms with E-state index < -0.39 is 5.91 Å². The highest BCUT2D eigenvalue weighted by molar-refractivity contribution is 7.17. The van der Waals surface area contributed by atoms with Crippen LogP contribution in [-0.2, 0) is 22.4 Å². The van der Waals surface area contributed by atoms with Gasteiger partial charge in [0.05, 0.1) is 5.56 Å². The van der Waals surface area contributed by atoms with E-state index >= 15 is 0 Å². The first kappa shape index (κ1) is 16.5. The van der Waals surface area contributed by atoms with E-state index in [0.29, 0.717) is 16.5 Å². The van der Waals surface area contributed by atoms with Crippen molar-refractivity contribution < 1.29 is 14.4 Å². The second-order valence-electron chi connectivity index (χ2n) is 5.70. The minimum Gasteiger partial charge on any atom is -0.365 e. The van der Waals surface area contributed by atoms with Crippen LogP contribution in [0.4, 0.5) is 5.00 Å². The molecule has 6 nitrogen and oxygen atoms in total. The average Bonchev–Trinajstić information content (AvgIpc) is 2.74. The van der Waals surface area contributed by atoms with Crippen LogP contribution in [0.25, 0.3) is 0 Å². The molecule has 1 unspecified atom stereocenters. The van der Waals surface area contributed by atoms with Gasteiger partial charge >= 0.3 is 0 Å². The number of carbonyl (C=O) groups is 3. The van der Waals surface area contributed by atoms with Gasteiger partial charge in [0.2, 0.25) is 11.8 Å². The van der Waals surface area contributed by atoms with Crippen molar-refractivity contribution in [2.24, 2.45) is 11.7 Å². The average molecular weight is 323 g/mol. The van der Waals surface area contributed by atoms with Crippen molar-refractivity contribution in [2.45, 2.75) is 39.5 Å². The van der Waals surface area contributed by atoms with E-state index in [4.69, 9.17) is 5.73 Å². The van der Waals surface area contributed by atoms with Gasteiger partial charge in [-0.3, -0.25) is 14.4 Å². The Labute approximate surface area is 133 Å². The van der Waals surface area contributed by atoms with Crippen molar-refractivity contribution in [3.63, 3.8) is 0 Å². The van der Waals surface area contributed by atoms with Crippen LogP contribution in [0.1, 0.15) is 47.5 Å². The molecule has 1 aliphatic rings. The summed E-state index contributed by atoms with van der Waals surface area (Å²) in [5, 5.41) is 5.87. The van der Waals surface area contributed by atoms with Crippen molar-refractivity contribution in [1.29, 1.82) is 0 Å². The summed E-state index contributed by atoms with van der Waals surface area (Å²) in [6.45, 7) is 3.85. The molecule has 22 heavy (non-hydrogen) atoms. The number of thiophene rings is 1. The van der Waals surface area contributed by atoms with Crippen LogP contribution < -0.4 is 16.4 Å². The lowest BCUT2D eigenvalue weighted by atomic mass is 9.88. The third kappa shape index (κ3) is 3.85. The van der Waals surface area contributed by atoms with E-state index in [1.165, 1.54) is 18.3 Å². The normalized spacial score (nSPS) is 16.7. The molecule has 1 atom stereocenters. The van der Waals surface area contributed by atoms with E-state index in [0.717, 1.165) is 29.7 Å². The van der Waals surface area contributed by atoms with Gasteiger partial charge in [-0.2, -0.15) is 0 Å². The van der Waals surface area contributed by atoms with Crippen LogP contribution in [0.2, 0.25) is 0 Å². The Balaban J connectivity index is 2.12. The van der Waals surface area contributed by atoms with Crippen LogP contribution in [0, 0.1) is 5.92 Å². The molecule has 0 aromatic carbocycles. The van der Waals surface area contributed by atoms with Gasteiger partial charge in [0.1, 0.15) is 5.00 Å². The Morgan fingerprint density at radius 2 is 2.09 bits per heavy atom. The predicted octanol–water partition coefficient (Wildman–Crippen LogP) is 1.44. The standard InChI is InChI=1S/C15H21N3O3S/c1-8-3-4-10-11(7-8)22-15(13(10)14(16)21)18-12(20)5-6-17-9(2)19/h8H,3-7H2,1-2H3,(H2,16,21)(H,17,19)(H,18,20). The molecule has 1 aromatic heterocycles. The number of fused-ring (bicyclic) bond motifs is 1. The smallest absolute Gasteiger partial charge is 0.251 e. The molecular formula is C15H21N3O3S. The third-order valence-electron chi connectivity index (χ3n) is 3.74. The summed E-state index contributed by atoms with van der Waals surface area (Å²) in [7, 11) is 0. The van der Waals surface area contributed by atoms with E-state index in [1.807, 2.05) is 0 Å². The molecule has 1 aromatic rings. The minimum atomic E-state index is -0.496. The number of primary amides is 1. The second kappa shape index (κ2) is 6.91. The molecule has 120 valence electrons. The molecule has 0 fully saturated rings. The van der Waals surface area contributed by atoms with Gasteiger partial charge < -0.3 is 16.4 Å². The summed E-state index contributed by atoms with van der Waals surface area (Å²) in [6.07, 6.45) is 2.94. The number of nitrogens with one attached hydrogen (secondary N) is 2. The van der Waals surface area contributed by atoms with Crippen LogP contribution >= 0.6 is 11.3 Å². The molecule has 0 spiro atoms. The van der Waals surface area contributed by atoms with Crippen molar-refractivity contribution >= 4 is 34.1 Å². The molecule has 0 saturated carbocycles. The number of hydrogen-bond acceptors (Lipinski definition) is 4. The quantitative estimate of drug-likeness (QED) is 0.764. The van der Waals surface area contributed by atoms with E-state index in [9.17, 15) is 14.4 Å². The topological polar surface area (TPSA) is 101 Å². The van der Waals surface area contributed by atoms with E-state index in [-0.39, 0.29) is 24.8 Å². The maximum Gasteiger partial charge on any atom is 0.251 e. The fraction of sp³-hybridized carbons (Fsp3) is 0.533. The summed E-state index contributed by atoms with van der Waals surface area (Å²) < 4.78 is 0. The first-order valence-electron chi connectivity index (χ1n) is 7.37. The molecule has 0 bridgehead atoms. The number of anilines is 1. The molecule has 0 saturated heterocycles. The summed E-state index contributed by atoms with van der Waals surface area (Å²) in [5.74, 6) is -0.325. The van der Waals surface area contributed by atoms with Crippen LogP contribution in [0.15, 0.2) is 0 Å². The van der Waals surface area contributed by atoms with Gasteiger partial charge in [0.15, 0.2) is 0 Å². The molecule has 1 heterocycles. The largest absolute Gasteiger partial charge is 0.365 e. The fourth-order valence-corrected chi connectivity index (χ4v) is 4.07. The summed E-state index contributed by atoms with van der Waals surface area (Å²) in [4.78, 5) is 35.6. The van der Waals surface area contributed by atoms with Crippen molar-refractivity contribution in [3.8, 4) is 0 Å². The highest BCUT2D eigenvalue weighted by atomic mass is 32.1. The van der Waals surface area contributed by atoms with Crippen LogP contribution in [-0.4, -0.2) is 24.3 Å². The first-order chi connectivity index (χ1) is 10.4. The number of carbonyl (C=O) groups excluding carboxylic acids is 3. The lowest BCUT2D eigenvalue weighted by molar-refractivity contribution is -0.119. The monoisotopic (exact) mass is 323 g/mol. The number of rotatable bonds is 5. The van der Waals surface area contributed by atoms with Crippen molar-refractivity contribution in [3.05, 3.63) is 16.0 Å². The lowest BCUT2D eigenvalue weighted by Gasteiger charge is -2.18. The molecule has 2 rings (SSSR count). The summed E-state index contributed by atoms with van der Waals surface area (Å²) in [5.41, 5.74) is 6.94. The Hall–Kier alpha value is -1.89. The molecule has 7 heteroatoms. The zero-order valence-electron chi connectivity index (χ0n) is 12.8. The third-order valence-corrected chi connectivity index (χ3v) is 4.91. The van der Waals surface area contributed by atoms with Gasteiger partial charge in [-0.1, -0.05) is 6.92 Å². The maximum atomic E-state index is 11.9. The number of amides is 3. The van der Waals surface area contributed by atoms with Crippen LogP contribution in [0.3, 0.4) is 0 Å². The Morgan fingerprint density at radius 1 is 1.36 bits per heavy atom. The number of nitrogens with two attached hydrogens (primary N) is 1. The summed E-state index contributed by atoms with van der Waals surface area (Å²) >= 11 is 1.44. The van der Waals surface area contributed by atoms with Crippen molar-refractivity contribution in [1.82, 2.24) is 5.32 Å². The molecule has 3 amide bonds. The minimum absolute atomic E-state index is 0.163. The van der Waals surface area contributed by atoms with Crippen LogP contribution in [0.5, 0.6) is 0 Å². The van der Waals surface area contributed by atoms with Gasteiger partial charge in [-0.25, -0.2) is 0 Å². The molecule has 4 N–H and O–H groups in total. The number of hydrogen-bond donors (Lipinski definition) is 3. The van der Waals surface area contributed by atoms with Gasteiger partial charge in [-0.05, 0) is 30.7 Å². The molecule has 1 aliphatic carbocycles. The highest BCUT2D eigenvalue weighted by Crippen LogP contribution is 2.39. The van der Waals surface area contributed by atoms with Crippen molar-refractivity contribution in [2.75, 3.05) is 11.9 Å². The lowest BCUT2D eigenvalue weighted by Crippen LogP contribution is -2.25. The maximum absolute atomic E-state index is 11.9. The molecular weight excluding hydrogens is 302 g/mol. The van der Waals surface area contributed by atoms with E-state index in [1.54, 1.807) is 0 Å². The Kier molecular flexibility index (Phi) is 5.18. The summed E-state index contributed by atoms with van der Waals surface area (Å²) in [6, 6.07) is 0. The molecule has 0 radical (unpaired) electrons. The Bertz CT molecular complexity index is 609. The predicted molar refractivity (Wildman–Crippen MR) is 86.0 cm³/mol. The zero-order valence-corrected chi connectivity index (χ0v) is 13.6. The van der Waals surface area contributed by atoms with Gasteiger partial charge in [0, 0.05) is 24.8 Å². The fourth-order valence-electron chi connectivity index (χ4n) is 2.64. The highest BCUT2D eigenvalue weighted by Gasteiger charge is 2.27. The van der Waals surface area contributed by atoms with Gasteiger partial charge in [0.25, 0.3) is 5.91 Å². The van der Waals surface area contributed by atoms with E-state index in [2.05, 4.69) is 17.6 Å². The van der Waals surface area contributed by atoms with Gasteiger partial charge in [-0.15, -0.1) is 11.3 Å². The first-order valence-corrected chi connectivity index (χ1v) is 8.18.